The van der Waals surface area contributed by atoms with Crippen LogP contribution in [0.3, 0.4) is 0 Å². The Kier molecular flexibility index (Phi) is 11.7. The summed E-state index contributed by atoms with van der Waals surface area (Å²) >= 11 is 0. The van der Waals surface area contributed by atoms with Crippen LogP contribution in [0.2, 0.25) is 0 Å². The first-order chi connectivity index (χ1) is 12.6. The molecular weight excluding hydrogens is 451 g/mol. The van der Waals surface area contributed by atoms with Crippen molar-refractivity contribution in [1.29, 1.82) is 0 Å². The van der Waals surface area contributed by atoms with Gasteiger partial charge in [-0.15, -0.1) is 24.0 Å². The number of hydrogen-bond donors (Lipinski definition) is 2. The van der Waals surface area contributed by atoms with E-state index in [0.29, 0.717) is 6.54 Å². The van der Waals surface area contributed by atoms with E-state index in [9.17, 15) is 0 Å². The molecule has 0 atom stereocenters. The molecule has 2 heterocycles. The Balaban J connectivity index is 0.00000364. The highest BCUT2D eigenvalue weighted by molar-refractivity contribution is 14.0. The third kappa shape index (κ3) is 9.10. The third-order valence-electron chi connectivity index (χ3n) is 4.85. The predicted molar refractivity (Wildman–Crippen MR) is 126 cm³/mol. The smallest absolute Gasteiger partial charge is 0.191 e. The molecule has 0 aliphatic carbocycles. The highest BCUT2D eigenvalue weighted by Gasteiger charge is 2.14. The van der Waals surface area contributed by atoms with Crippen LogP contribution in [0.4, 0.5) is 5.82 Å². The maximum Gasteiger partial charge on any atom is 0.191 e. The van der Waals surface area contributed by atoms with Crippen LogP contribution in [0.25, 0.3) is 0 Å². The first-order valence-corrected chi connectivity index (χ1v) is 9.95. The number of pyridine rings is 1. The van der Waals surface area contributed by atoms with E-state index >= 15 is 0 Å². The number of aliphatic imine (C=N–C) groups is 1. The highest BCUT2D eigenvalue weighted by atomic mass is 127. The molecule has 6 nitrogen and oxygen atoms in total. The Morgan fingerprint density at radius 2 is 2.04 bits per heavy atom. The molecular formula is C20H37IN6. The van der Waals surface area contributed by atoms with Crippen LogP contribution in [0.1, 0.15) is 38.7 Å². The average Bonchev–Trinajstić information content (AvgIpc) is 2.64. The van der Waals surface area contributed by atoms with E-state index in [1.54, 1.807) is 0 Å². The molecule has 0 saturated carbocycles. The van der Waals surface area contributed by atoms with Gasteiger partial charge in [-0.05, 0) is 69.4 Å². The standard InChI is InChI=1S/C20H36N6.HI/c1-5-21-20(23-10-6-12-26-13-8-17(2)9-14-26)24-16-18-7-11-22-19(15-18)25(3)4;/h7,11,15,17H,5-6,8-10,12-14,16H2,1-4H3,(H2,21,23,24);1H. The van der Waals surface area contributed by atoms with Crippen molar-refractivity contribution < 1.29 is 0 Å². The molecule has 154 valence electrons. The highest BCUT2D eigenvalue weighted by Crippen LogP contribution is 2.15. The lowest BCUT2D eigenvalue weighted by atomic mass is 9.99. The van der Waals surface area contributed by atoms with Crippen molar-refractivity contribution in [3.05, 3.63) is 23.9 Å². The molecule has 0 aromatic carbocycles. The SMILES string of the molecule is CCNC(=NCc1ccnc(N(C)C)c1)NCCCN1CCC(C)CC1.I. The molecule has 1 aliphatic rings. The Morgan fingerprint density at radius 3 is 2.70 bits per heavy atom. The number of nitrogens with one attached hydrogen (secondary N) is 2. The van der Waals surface area contributed by atoms with Gasteiger partial charge in [0.1, 0.15) is 5.82 Å². The minimum atomic E-state index is 0. The number of aromatic nitrogens is 1. The zero-order valence-corrected chi connectivity index (χ0v) is 19.7. The second kappa shape index (κ2) is 13.1. The normalized spacial score (nSPS) is 15.9. The summed E-state index contributed by atoms with van der Waals surface area (Å²) in [5, 5.41) is 6.80. The van der Waals surface area contributed by atoms with Crippen LogP contribution in [-0.2, 0) is 6.54 Å². The summed E-state index contributed by atoms with van der Waals surface area (Å²) in [6, 6.07) is 4.11. The summed E-state index contributed by atoms with van der Waals surface area (Å²) in [6.45, 7) is 10.6. The molecule has 0 spiro atoms. The minimum absolute atomic E-state index is 0. The summed E-state index contributed by atoms with van der Waals surface area (Å²) in [6.07, 6.45) is 5.69. The first kappa shape index (κ1) is 23.9. The summed E-state index contributed by atoms with van der Waals surface area (Å²) in [5.41, 5.74) is 1.17. The molecule has 7 heteroatoms. The Hall–Kier alpha value is -1.09. The molecule has 0 unspecified atom stereocenters. The van der Waals surface area contributed by atoms with Crippen molar-refractivity contribution >= 4 is 35.8 Å². The monoisotopic (exact) mass is 488 g/mol. The zero-order chi connectivity index (χ0) is 18.8. The number of hydrogen-bond acceptors (Lipinski definition) is 4. The Labute approximate surface area is 182 Å². The fourth-order valence-electron chi connectivity index (χ4n) is 3.11. The van der Waals surface area contributed by atoms with Crippen LogP contribution in [0, 0.1) is 5.92 Å². The molecule has 1 aromatic rings. The third-order valence-corrected chi connectivity index (χ3v) is 4.85. The number of anilines is 1. The Morgan fingerprint density at radius 1 is 1.30 bits per heavy atom. The van der Waals surface area contributed by atoms with E-state index in [-0.39, 0.29) is 24.0 Å². The number of nitrogens with zero attached hydrogens (tertiary/aromatic N) is 4. The van der Waals surface area contributed by atoms with Crippen molar-refractivity contribution in [1.82, 2.24) is 20.5 Å². The lowest BCUT2D eigenvalue weighted by Crippen LogP contribution is -2.39. The molecule has 2 rings (SSSR count). The largest absolute Gasteiger partial charge is 0.363 e. The average molecular weight is 488 g/mol. The minimum Gasteiger partial charge on any atom is -0.363 e. The second-order valence-electron chi connectivity index (χ2n) is 7.42. The van der Waals surface area contributed by atoms with Gasteiger partial charge in [0.15, 0.2) is 5.96 Å². The molecule has 1 aromatic heterocycles. The van der Waals surface area contributed by atoms with E-state index in [4.69, 9.17) is 4.99 Å². The number of guanidine groups is 1. The molecule has 1 fully saturated rings. The number of rotatable bonds is 8. The van der Waals surface area contributed by atoms with Gasteiger partial charge in [0.25, 0.3) is 0 Å². The van der Waals surface area contributed by atoms with Gasteiger partial charge in [-0.25, -0.2) is 9.98 Å². The second-order valence-corrected chi connectivity index (χ2v) is 7.42. The zero-order valence-electron chi connectivity index (χ0n) is 17.4. The van der Waals surface area contributed by atoms with E-state index in [1.807, 2.05) is 31.3 Å². The van der Waals surface area contributed by atoms with Gasteiger partial charge in [-0.3, -0.25) is 0 Å². The van der Waals surface area contributed by atoms with E-state index in [0.717, 1.165) is 37.2 Å². The number of halogens is 1. The van der Waals surface area contributed by atoms with Gasteiger partial charge in [0, 0.05) is 33.4 Å². The van der Waals surface area contributed by atoms with Crippen molar-refractivity contribution in [3.63, 3.8) is 0 Å². The Bertz CT molecular complexity index is 555. The van der Waals surface area contributed by atoms with Crippen LogP contribution >= 0.6 is 24.0 Å². The van der Waals surface area contributed by atoms with E-state index < -0.39 is 0 Å². The lowest BCUT2D eigenvalue weighted by Gasteiger charge is -2.30. The molecule has 0 amide bonds. The summed E-state index contributed by atoms with van der Waals surface area (Å²) in [7, 11) is 4.01. The summed E-state index contributed by atoms with van der Waals surface area (Å²) < 4.78 is 0. The lowest BCUT2D eigenvalue weighted by molar-refractivity contribution is 0.191. The maximum absolute atomic E-state index is 4.71. The van der Waals surface area contributed by atoms with Gasteiger partial charge in [0.05, 0.1) is 6.54 Å². The van der Waals surface area contributed by atoms with E-state index in [1.165, 1.54) is 38.0 Å². The van der Waals surface area contributed by atoms with Crippen molar-refractivity contribution in [2.45, 2.75) is 39.7 Å². The predicted octanol–water partition coefficient (Wildman–Crippen LogP) is 2.94. The maximum atomic E-state index is 4.71. The molecule has 1 aliphatic heterocycles. The molecule has 0 radical (unpaired) electrons. The van der Waals surface area contributed by atoms with Crippen LogP contribution in [0.5, 0.6) is 0 Å². The van der Waals surface area contributed by atoms with Gasteiger partial charge in [-0.2, -0.15) is 0 Å². The quantitative estimate of drug-likeness (QED) is 0.255. The van der Waals surface area contributed by atoms with Crippen molar-refractivity contribution in [3.8, 4) is 0 Å². The van der Waals surface area contributed by atoms with Crippen molar-refractivity contribution in [2.24, 2.45) is 10.9 Å². The number of piperidine rings is 1. The molecule has 27 heavy (non-hydrogen) atoms. The summed E-state index contributed by atoms with van der Waals surface area (Å²) in [4.78, 5) is 13.7. The summed E-state index contributed by atoms with van der Waals surface area (Å²) in [5.74, 6) is 2.76. The molecule has 2 N–H and O–H groups in total. The van der Waals surface area contributed by atoms with Gasteiger partial charge >= 0.3 is 0 Å². The van der Waals surface area contributed by atoms with Crippen LogP contribution < -0.4 is 15.5 Å². The van der Waals surface area contributed by atoms with Gasteiger partial charge in [0.2, 0.25) is 0 Å². The van der Waals surface area contributed by atoms with E-state index in [2.05, 4.69) is 40.4 Å². The topological polar surface area (TPSA) is 55.8 Å². The molecule has 0 bridgehead atoms. The fourth-order valence-corrected chi connectivity index (χ4v) is 3.11. The fraction of sp³-hybridized carbons (Fsp3) is 0.700. The van der Waals surface area contributed by atoms with Crippen molar-refractivity contribution in [2.75, 3.05) is 51.7 Å². The van der Waals surface area contributed by atoms with Crippen LogP contribution in [0.15, 0.2) is 23.3 Å². The first-order valence-electron chi connectivity index (χ1n) is 9.95. The van der Waals surface area contributed by atoms with Gasteiger partial charge < -0.3 is 20.4 Å². The number of likely N-dealkylation sites (tertiary alicyclic amines) is 1. The van der Waals surface area contributed by atoms with Crippen LogP contribution in [-0.4, -0.2) is 62.7 Å². The molecule has 1 saturated heterocycles. The van der Waals surface area contributed by atoms with Gasteiger partial charge in [-0.1, -0.05) is 6.92 Å².